The minimum Gasteiger partial charge on any atom is -0.459 e. The van der Waals surface area contributed by atoms with Gasteiger partial charge in [-0.1, -0.05) is 0 Å². The normalized spacial score (nSPS) is 23.4. The van der Waals surface area contributed by atoms with Crippen molar-refractivity contribution >= 4 is 5.91 Å². The smallest absolute Gasteiger partial charge is 0.290 e. The number of furan rings is 1. The summed E-state index contributed by atoms with van der Waals surface area (Å²) in [6.07, 6.45) is 4.73. The summed E-state index contributed by atoms with van der Waals surface area (Å²) in [5.41, 5.74) is 0. The minimum atomic E-state index is -2.94. The maximum atomic E-state index is 14.0. The van der Waals surface area contributed by atoms with Crippen molar-refractivity contribution in [2.24, 2.45) is 5.92 Å². The van der Waals surface area contributed by atoms with Crippen LogP contribution in [0.1, 0.15) is 41.7 Å². The van der Waals surface area contributed by atoms with Crippen LogP contribution in [-0.4, -0.2) is 38.0 Å². The summed E-state index contributed by atoms with van der Waals surface area (Å²) in [5, 5.41) is 7.87. The summed E-state index contributed by atoms with van der Waals surface area (Å²) in [7, 11) is 0. The van der Waals surface area contributed by atoms with Gasteiger partial charge in [-0.05, 0) is 30.9 Å². The SMILES string of the molecule is O=C(c1ccco1)N1CC(F)(F)C[C@H]1c1nncn1CC1CC1. The van der Waals surface area contributed by atoms with Crippen LogP contribution in [0.5, 0.6) is 0 Å². The van der Waals surface area contributed by atoms with E-state index in [2.05, 4.69) is 10.2 Å². The second-order valence-corrected chi connectivity index (χ2v) is 6.27. The fourth-order valence-corrected chi connectivity index (χ4v) is 3.04. The number of halogens is 2. The summed E-state index contributed by atoms with van der Waals surface area (Å²) in [6, 6.07) is 2.25. The van der Waals surface area contributed by atoms with Crippen LogP contribution in [0.25, 0.3) is 0 Å². The van der Waals surface area contributed by atoms with Crippen LogP contribution >= 0.6 is 0 Å². The second-order valence-electron chi connectivity index (χ2n) is 6.27. The van der Waals surface area contributed by atoms with Gasteiger partial charge in [0.1, 0.15) is 6.33 Å². The fourth-order valence-electron chi connectivity index (χ4n) is 3.04. The lowest BCUT2D eigenvalue weighted by molar-refractivity contribution is 0.0114. The van der Waals surface area contributed by atoms with E-state index in [1.807, 2.05) is 0 Å². The molecule has 1 amide bonds. The van der Waals surface area contributed by atoms with E-state index in [1.54, 1.807) is 17.0 Å². The fraction of sp³-hybridized carbons (Fsp3) is 0.533. The van der Waals surface area contributed by atoms with Gasteiger partial charge < -0.3 is 13.9 Å². The molecule has 6 nitrogen and oxygen atoms in total. The van der Waals surface area contributed by atoms with Crippen molar-refractivity contribution in [3.63, 3.8) is 0 Å². The first-order valence-electron chi connectivity index (χ1n) is 7.63. The molecule has 1 saturated heterocycles. The molecule has 8 heteroatoms. The molecule has 2 fully saturated rings. The summed E-state index contributed by atoms with van der Waals surface area (Å²) < 4.78 is 34.8. The quantitative estimate of drug-likeness (QED) is 0.867. The molecule has 3 heterocycles. The predicted octanol–water partition coefficient (Wildman–Crippen LogP) is 2.50. The molecule has 2 aromatic heterocycles. The highest BCUT2D eigenvalue weighted by molar-refractivity contribution is 5.92. The Kier molecular flexibility index (Phi) is 3.21. The van der Waals surface area contributed by atoms with E-state index in [0.29, 0.717) is 18.3 Å². The van der Waals surface area contributed by atoms with Crippen molar-refractivity contribution in [3.05, 3.63) is 36.3 Å². The van der Waals surface area contributed by atoms with E-state index in [1.165, 1.54) is 12.3 Å². The molecule has 0 N–H and O–H groups in total. The monoisotopic (exact) mass is 322 g/mol. The van der Waals surface area contributed by atoms with Crippen LogP contribution in [0.3, 0.4) is 0 Å². The molecule has 2 aliphatic rings. The molecular weight excluding hydrogens is 306 g/mol. The Hall–Kier alpha value is -2.25. The van der Waals surface area contributed by atoms with Crippen molar-refractivity contribution in [1.29, 1.82) is 0 Å². The maximum Gasteiger partial charge on any atom is 0.290 e. The van der Waals surface area contributed by atoms with Gasteiger partial charge >= 0.3 is 0 Å². The van der Waals surface area contributed by atoms with Crippen molar-refractivity contribution in [2.75, 3.05) is 6.54 Å². The first kappa shape index (κ1) is 14.3. The topological polar surface area (TPSA) is 64.2 Å². The van der Waals surface area contributed by atoms with E-state index < -0.39 is 30.8 Å². The van der Waals surface area contributed by atoms with Gasteiger partial charge in [-0.25, -0.2) is 8.78 Å². The lowest BCUT2D eigenvalue weighted by Gasteiger charge is -2.22. The zero-order valence-electron chi connectivity index (χ0n) is 12.4. The molecule has 1 aliphatic heterocycles. The van der Waals surface area contributed by atoms with Crippen molar-refractivity contribution in [3.8, 4) is 0 Å². The van der Waals surface area contributed by atoms with E-state index in [4.69, 9.17) is 4.42 Å². The van der Waals surface area contributed by atoms with Gasteiger partial charge in [0.2, 0.25) is 0 Å². The van der Waals surface area contributed by atoms with Gasteiger partial charge in [0, 0.05) is 13.0 Å². The Balaban J connectivity index is 1.64. The van der Waals surface area contributed by atoms with Crippen molar-refractivity contribution in [1.82, 2.24) is 19.7 Å². The van der Waals surface area contributed by atoms with Crippen molar-refractivity contribution < 1.29 is 18.0 Å². The summed E-state index contributed by atoms with van der Waals surface area (Å²) in [4.78, 5) is 13.6. The first-order valence-corrected chi connectivity index (χ1v) is 7.63. The molecule has 1 saturated carbocycles. The molecular formula is C15H16F2N4O2. The van der Waals surface area contributed by atoms with Crippen LogP contribution in [0, 0.1) is 5.92 Å². The largest absolute Gasteiger partial charge is 0.459 e. The number of rotatable bonds is 4. The molecule has 4 rings (SSSR count). The van der Waals surface area contributed by atoms with Gasteiger partial charge in [0.25, 0.3) is 11.8 Å². The predicted molar refractivity (Wildman–Crippen MR) is 74.8 cm³/mol. The molecule has 0 unspecified atom stereocenters. The molecule has 0 bridgehead atoms. The van der Waals surface area contributed by atoms with Gasteiger partial charge in [0.05, 0.1) is 18.8 Å². The van der Waals surface area contributed by atoms with E-state index >= 15 is 0 Å². The number of carbonyl (C=O) groups excluding carboxylic acids is 1. The molecule has 2 aromatic rings. The minimum absolute atomic E-state index is 0.0564. The number of amides is 1. The van der Waals surface area contributed by atoms with E-state index in [0.717, 1.165) is 17.7 Å². The van der Waals surface area contributed by atoms with Crippen LogP contribution in [0.15, 0.2) is 29.1 Å². The lowest BCUT2D eigenvalue weighted by atomic mass is 10.1. The van der Waals surface area contributed by atoms with Crippen LogP contribution in [0.4, 0.5) is 8.78 Å². The summed E-state index contributed by atoms with van der Waals surface area (Å²) >= 11 is 0. The Morgan fingerprint density at radius 2 is 2.26 bits per heavy atom. The highest BCUT2D eigenvalue weighted by atomic mass is 19.3. The zero-order chi connectivity index (χ0) is 16.0. The third-order valence-corrected chi connectivity index (χ3v) is 4.36. The number of alkyl halides is 2. The van der Waals surface area contributed by atoms with Gasteiger partial charge in [0.15, 0.2) is 11.6 Å². The number of hydrogen-bond acceptors (Lipinski definition) is 4. The third kappa shape index (κ3) is 2.73. The molecule has 0 aromatic carbocycles. The van der Waals surface area contributed by atoms with Gasteiger partial charge in [-0.15, -0.1) is 10.2 Å². The summed E-state index contributed by atoms with van der Waals surface area (Å²) in [5.74, 6) is -2.45. The van der Waals surface area contributed by atoms with Crippen LogP contribution < -0.4 is 0 Å². The average Bonchev–Trinajstić information content (AvgIpc) is 2.94. The molecule has 0 radical (unpaired) electrons. The van der Waals surface area contributed by atoms with Crippen LogP contribution in [-0.2, 0) is 6.54 Å². The highest BCUT2D eigenvalue weighted by Gasteiger charge is 2.50. The Bertz CT molecular complexity index is 709. The number of nitrogens with zero attached hydrogens (tertiary/aromatic N) is 4. The van der Waals surface area contributed by atoms with Crippen LogP contribution in [0.2, 0.25) is 0 Å². The molecule has 23 heavy (non-hydrogen) atoms. The third-order valence-electron chi connectivity index (χ3n) is 4.36. The van der Waals surface area contributed by atoms with E-state index in [9.17, 15) is 13.6 Å². The molecule has 0 spiro atoms. The standard InChI is InChI=1S/C15H16F2N4O2/c16-15(17)6-11(13-19-18-9-20(13)7-10-3-4-10)21(8-15)14(22)12-2-1-5-23-12/h1-2,5,9-11H,3-4,6-8H2/t11-/m0/s1. The molecule has 1 aliphatic carbocycles. The Morgan fingerprint density at radius 1 is 1.43 bits per heavy atom. The average molecular weight is 322 g/mol. The number of hydrogen-bond donors (Lipinski definition) is 0. The van der Waals surface area contributed by atoms with Gasteiger partial charge in [-0.2, -0.15) is 0 Å². The summed E-state index contributed by atoms with van der Waals surface area (Å²) in [6.45, 7) is 0.0840. The second kappa shape index (κ2) is 5.14. The first-order chi connectivity index (χ1) is 11.0. The highest BCUT2D eigenvalue weighted by Crippen LogP contribution is 2.41. The molecule has 122 valence electrons. The Labute approximate surface area is 131 Å². The Morgan fingerprint density at radius 3 is 2.96 bits per heavy atom. The van der Waals surface area contributed by atoms with E-state index in [-0.39, 0.29) is 5.76 Å². The van der Waals surface area contributed by atoms with Crippen molar-refractivity contribution in [2.45, 2.75) is 37.8 Å². The number of aromatic nitrogens is 3. The number of likely N-dealkylation sites (tertiary alicyclic amines) is 1. The van der Waals surface area contributed by atoms with Gasteiger partial charge in [-0.3, -0.25) is 4.79 Å². The lowest BCUT2D eigenvalue weighted by Crippen LogP contribution is -2.33. The maximum absolute atomic E-state index is 14.0. The zero-order valence-corrected chi connectivity index (χ0v) is 12.4. The molecule has 1 atom stereocenters. The number of carbonyl (C=O) groups is 1.